The molecule has 1 aliphatic heterocycles. The number of hydrogen-bond acceptors (Lipinski definition) is 5. The zero-order valence-corrected chi connectivity index (χ0v) is 14.3. The zero-order valence-electron chi connectivity index (χ0n) is 12.7. The van der Waals surface area contributed by atoms with Gasteiger partial charge >= 0.3 is 0 Å². The van der Waals surface area contributed by atoms with Gasteiger partial charge in [-0.1, -0.05) is 30.3 Å². The molecular formula is C17H16BrN3O2. The van der Waals surface area contributed by atoms with Crippen LogP contribution in [0.4, 0.5) is 5.82 Å². The maximum Gasteiger partial charge on any atom is 0.233 e. The summed E-state index contributed by atoms with van der Waals surface area (Å²) in [5, 5.41) is 0.906. The van der Waals surface area contributed by atoms with Crippen LogP contribution in [-0.2, 0) is 4.74 Å². The molecule has 23 heavy (non-hydrogen) atoms. The Morgan fingerprint density at radius 1 is 1.22 bits per heavy atom. The molecule has 2 aromatic heterocycles. The van der Waals surface area contributed by atoms with Gasteiger partial charge in [0.1, 0.15) is 18.4 Å². The minimum Gasteiger partial charge on any atom is -0.430 e. The van der Waals surface area contributed by atoms with Crippen molar-refractivity contribution >= 4 is 32.8 Å². The largest absolute Gasteiger partial charge is 0.430 e. The van der Waals surface area contributed by atoms with Gasteiger partial charge in [0.05, 0.1) is 5.39 Å². The summed E-state index contributed by atoms with van der Waals surface area (Å²) in [6, 6.07) is 10.1. The SMILES string of the molecule is CN(c1ncnc2oc(Br)c(-c3ccccc3)c12)[C@@H]1CCCO1. The molecule has 1 atom stereocenters. The molecule has 0 radical (unpaired) electrons. The maximum atomic E-state index is 5.80. The minimum atomic E-state index is 0.0467. The predicted molar refractivity (Wildman–Crippen MR) is 92.3 cm³/mol. The van der Waals surface area contributed by atoms with Gasteiger partial charge in [0.2, 0.25) is 5.71 Å². The lowest BCUT2D eigenvalue weighted by Gasteiger charge is -2.25. The average molecular weight is 374 g/mol. The molecule has 118 valence electrons. The van der Waals surface area contributed by atoms with E-state index < -0.39 is 0 Å². The van der Waals surface area contributed by atoms with Crippen LogP contribution in [0.25, 0.3) is 22.2 Å². The van der Waals surface area contributed by atoms with Crippen LogP contribution in [0.15, 0.2) is 45.7 Å². The van der Waals surface area contributed by atoms with Crippen LogP contribution in [0.5, 0.6) is 0 Å². The van der Waals surface area contributed by atoms with E-state index in [2.05, 4.69) is 42.9 Å². The number of fused-ring (bicyclic) bond motifs is 1. The highest BCUT2D eigenvalue weighted by atomic mass is 79.9. The summed E-state index contributed by atoms with van der Waals surface area (Å²) in [6.07, 6.45) is 3.66. The van der Waals surface area contributed by atoms with Crippen molar-refractivity contribution in [3.63, 3.8) is 0 Å². The molecule has 0 unspecified atom stereocenters. The van der Waals surface area contributed by atoms with E-state index in [0.29, 0.717) is 10.4 Å². The molecule has 0 aliphatic carbocycles. The van der Waals surface area contributed by atoms with Gasteiger partial charge in [-0.25, -0.2) is 9.97 Å². The molecule has 0 amide bonds. The monoisotopic (exact) mass is 373 g/mol. The lowest BCUT2D eigenvalue weighted by molar-refractivity contribution is 0.111. The summed E-state index contributed by atoms with van der Waals surface area (Å²) in [6.45, 7) is 0.795. The summed E-state index contributed by atoms with van der Waals surface area (Å²) < 4.78 is 12.3. The number of aromatic nitrogens is 2. The van der Waals surface area contributed by atoms with E-state index in [4.69, 9.17) is 9.15 Å². The summed E-state index contributed by atoms with van der Waals surface area (Å²) in [7, 11) is 2.01. The van der Waals surface area contributed by atoms with Gasteiger partial charge in [-0.15, -0.1) is 0 Å². The minimum absolute atomic E-state index is 0.0467. The fourth-order valence-corrected chi connectivity index (χ4v) is 3.60. The third kappa shape index (κ3) is 2.52. The number of benzene rings is 1. The second-order valence-corrected chi connectivity index (χ2v) is 6.29. The molecule has 1 aromatic carbocycles. The van der Waals surface area contributed by atoms with Gasteiger partial charge in [0.15, 0.2) is 4.67 Å². The first-order valence-corrected chi connectivity index (χ1v) is 8.38. The van der Waals surface area contributed by atoms with E-state index in [-0.39, 0.29) is 6.23 Å². The molecule has 3 heterocycles. The van der Waals surface area contributed by atoms with Crippen molar-refractivity contribution in [2.75, 3.05) is 18.6 Å². The van der Waals surface area contributed by atoms with E-state index in [0.717, 1.165) is 41.8 Å². The Kier molecular flexibility index (Phi) is 3.79. The smallest absolute Gasteiger partial charge is 0.233 e. The molecule has 5 nitrogen and oxygen atoms in total. The van der Waals surface area contributed by atoms with E-state index in [1.54, 1.807) is 0 Å². The molecule has 3 aromatic rings. The number of ether oxygens (including phenoxy) is 1. The van der Waals surface area contributed by atoms with E-state index in [1.165, 1.54) is 6.33 Å². The van der Waals surface area contributed by atoms with Crippen LogP contribution in [-0.4, -0.2) is 29.9 Å². The quantitative estimate of drug-likeness (QED) is 0.687. The Balaban J connectivity index is 1.91. The van der Waals surface area contributed by atoms with Crippen LogP contribution in [0.3, 0.4) is 0 Å². The molecule has 1 aliphatic rings. The van der Waals surface area contributed by atoms with Gasteiger partial charge < -0.3 is 14.1 Å². The van der Waals surface area contributed by atoms with Crippen molar-refractivity contribution in [2.45, 2.75) is 19.1 Å². The van der Waals surface area contributed by atoms with Crippen molar-refractivity contribution in [3.8, 4) is 11.1 Å². The Bertz CT molecular complexity index is 828. The van der Waals surface area contributed by atoms with Gasteiger partial charge in [-0.05, 0) is 34.3 Å². The van der Waals surface area contributed by atoms with Crippen molar-refractivity contribution in [1.82, 2.24) is 9.97 Å². The van der Waals surface area contributed by atoms with Crippen LogP contribution in [0, 0.1) is 0 Å². The van der Waals surface area contributed by atoms with E-state index in [9.17, 15) is 0 Å². The van der Waals surface area contributed by atoms with Gasteiger partial charge in [-0.3, -0.25) is 0 Å². The third-order valence-corrected chi connectivity index (χ3v) is 4.72. The van der Waals surface area contributed by atoms with Crippen molar-refractivity contribution in [3.05, 3.63) is 41.3 Å². The topological polar surface area (TPSA) is 51.4 Å². The van der Waals surface area contributed by atoms with Gasteiger partial charge in [0, 0.05) is 19.2 Å². The standard InChI is InChI=1S/C17H16BrN3O2/c1-21(12-8-5-9-22-12)16-14-13(11-6-3-2-4-7-11)15(18)23-17(14)20-10-19-16/h2-4,6-7,10,12H,5,8-9H2,1H3/t12-/m0/s1. The number of furan rings is 1. The highest BCUT2D eigenvalue weighted by Gasteiger charge is 2.26. The molecule has 1 saturated heterocycles. The summed E-state index contributed by atoms with van der Waals surface area (Å²) in [4.78, 5) is 10.9. The highest BCUT2D eigenvalue weighted by molar-refractivity contribution is 9.10. The van der Waals surface area contributed by atoms with Gasteiger partial charge in [0.25, 0.3) is 0 Å². The summed E-state index contributed by atoms with van der Waals surface area (Å²) >= 11 is 3.53. The zero-order chi connectivity index (χ0) is 15.8. The number of anilines is 1. The van der Waals surface area contributed by atoms with E-state index in [1.807, 2.05) is 25.2 Å². The predicted octanol–water partition coefficient (Wildman–Crippen LogP) is 4.23. The molecule has 0 bridgehead atoms. The summed E-state index contributed by atoms with van der Waals surface area (Å²) in [5.41, 5.74) is 2.61. The van der Waals surface area contributed by atoms with Crippen LogP contribution < -0.4 is 4.90 Å². The fourth-order valence-electron chi connectivity index (χ4n) is 3.02. The first-order valence-electron chi connectivity index (χ1n) is 7.58. The molecule has 0 spiro atoms. The fraction of sp³-hybridized carbons (Fsp3) is 0.294. The Hall–Kier alpha value is -1.92. The second-order valence-electron chi connectivity index (χ2n) is 5.57. The van der Waals surface area contributed by atoms with Crippen LogP contribution in [0.2, 0.25) is 0 Å². The van der Waals surface area contributed by atoms with Gasteiger partial charge in [-0.2, -0.15) is 0 Å². The number of halogens is 1. The molecular weight excluding hydrogens is 358 g/mol. The van der Waals surface area contributed by atoms with E-state index >= 15 is 0 Å². The third-order valence-electron chi connectivity index (χ3n) is 4.16. The average Bonchev–Trinajstić information content (AvgIpc) is 3.21. The van der Waals surface area contributed by atoms with Crippen molar-refractivity contribution in [1.29, 1.82) is 0 Å². The van der Waals surface area contributed by atoms with Crippen molar-refractivity contribution in [2.24, 2.45) is 0 Å². The lowest BCUT2D eigenvalue weighted by atomic mass is 10.1. The molecule has 6 heteroatoms. The lowest BCUT2D eigenvalue weighted by Crippen LogP contribution is -2.31. The molecule has 4 rings (SSSR count). The second kappa shape index (κ2) is 5.94. The van der Waals surface area contributed by atoms with Crippen molar-refractivity contribution < 1.29 is 9.15 Å². The Morgan fingerprint density at radius 3 is 2.78 bits per heavy atom. The number of hydrogen-bond donors (Lipinski definition) is 0. The molecule has 1 fully saturated rings. The first-order chi connectivity index (χ1) is 11.3. The van der Waals surface area contributed by atoms with Crippen LogP contribution >= 0.6 is 15.9 Å². The summed E-state index contributed by atoms with van der Waals surface area (Å²) in [5.74, 6) is 0.829. The maximum absolute atomic E-state index is 5.80. The Morgan fingerprint density at radius 2 is 2.04 bits per heavy atom. The highest BCUT2D eigenvalue weighted by Crippen LogP contribution is 2.41. The number of nitrogens with zero attached hydrogens (tertiary/aromatic N) is 3. The normalized spacial score (nSPS) is 17.7. The first kappa shape index (κ1) is 14.7. The molecule has 0 N–H and O–H groups in total. The van der Waals surface area contributed by atoms with Crippen LogP contribution in [0.1, 0.15) is 12.8 Å². The molecule has 0 saturated carbocycles. The number of rotatable bonds is 3. The Labute approximate surface area is 142 Å².